The molecule has 1 aromatic carbocycles. The molecule has 1 unspecified atom stereocenters. The fraction of sp³-hybridized carbons (Fsp3) is 0.529. The minimum absolute atomic E-state index is 0.0756. The van der Waals surface area contributed by atoms with Gasteiger partial charge in [-0.05, 0) is 31.9 Å². The van der Waals surface area contributed by atoms with E-state index in [1.165, 1.54) is 17.0 Å². The van der Waals surface area contributed by atoms with Crippen LogP contribution in [0, 0.1) is 11.7 Å². The number of amides is 1. The maximum absolute atomic E-state index is 13.5. The average molecular weight is 323 g/mol. The topological polar surface area (TPSA) is 59.8 Å². The maximum atomic E-state index is 13.5. The van der Waals surface area contributed by atoms with Gasteiger partial charge < -0.3 is 15.0 Å². The summed E-state index contributed by atoms with van der Waals surface area (Å²) in [5.74, 6) is -0.858. The summed E-state index contributed by atoms with van der Waals surface area (Å²) in [5.41, 5.74) is 0.204. The van der Waals surface area contributed by atoms with Gasteiger partial charge in [0.05, 0.1) is 38.3 Å². The molecule has 0 radical (unpaired) electrons. The van der Waals surface area contributed by atoms with Crippen LogP contribution < -0.4 is 10.2 Å². The summed E-state index contributed by atoms with van der Waals surface area (Å²) in [6.07, 6.45) is 2.11. The molecule has 2 N–H and O–H groups in total. The van der Waals surface area contributed by atoms with Gasteiger partial charge in [0.15, 0.2) is 0 Å². The van der Waals surface area contributed by atoms with Gasteiger partial charge in [-0.2, -0.15) is 0 Å². The summed E-state index contributed by atoms with van der Waals surface area (Å²) < 4.78 is 18.6. The molecule has 0 aromatic heterocycles. The van der Waals surface area contributed by atoms with Gasteiger partial charge in [0.25, 0.3) is 0 Å². The van der Waals surface area contributed by atoms with Crippen LogP contribution >= 0.6 is 0 Å². The van der Waals surface area contributed by atoms with Crippen LogP contribution in [-0.4, -0.2) is 38.1 Å². The Hall–Kier alpha value is -1.95. The number of hydrogen-bond acceptors (Lipinski definition) is 3. The zero-order chi connectivity index (χ0) is 16.7. The third-order valence-corrected chi connectivity index (χ3v) is 4.09. The zero-order valence-electron chi connectivity index (χ0n) is 13.4. The largest absolute Gasteiger partial charge is 0.466 e. The van der Waals surface area contributed by atoms with E-state index in [-0.39, 0.29) is 23.5 Å². The lowest BCUT2D eigenvalue weighted by molar-refractivity contribution is -0.906. The van der Waals surface area contributed by atoms with Gasteiger partial charge in [-0.25, -0.2) is 4.39 Å². The van der Waals surface area contributed by atoms with Gasteiger partial charge >= 0.3 is 5.97 Å². The molecule has 5 nitrogen and oxygen atoms in total. The lowest BCUT2D eigenvalue weighted by Crippen LogP contribution is -3.13. The van der Waals surface area contributed by atoms with E-state index >= 15 is 0 Å². The smallest absolute Gasteiger partial charge is 0.314 e. The second-order valence-corrected chi connectivity index (χ2v) is 5.82. The van der Waals surface area contributed by atoms with Crippen molar-refractivity contribution >= 4 is 17.6 Å². The first-order valence-corrected chi connectivity index (χ1v) is 8.14. The molecule has 1 aliphatic heterocycles. The van der Waals surface area contributed by atoms with Crippen LogP contribution in [0.2, 0.25) is 0 Å². The second-order valence-electron chi connectivity index (χ2n) is 5.82. The van der Waals surface area contributed by atoms with E-state index in [0.717, 1.165) is 19.4 Å². The average Bonchev–Trinajstić information content (AvgIpc) is 2.56. The number of para-hydroxylation sites is 1. The number of carbonyl (C=O) groups excluding carboxylic acids is 2. The molecule has 0 spiro atoms. The van der Waals surface area contributed by atoms with Crippen molar-refractivity contribution in [1.82, 2.24) is 0 Å². The van der Waals surface area contributed by atoms with Crippen molar-refractivity contribution in [3.05, 3.63) is 30.1 Å². The number of likely N-dealkylation sites (tertiary alicyclic amines) is 1. The van der Waals surface area contributed by atoms with E-state index in [4.69, 9.17) is 4.74 Å². The highest BCUT2D eigenvalue weighted by Crippen LogP contribution is 2.12. The molecule has 0 bridgehead atoms. The van der Waals surface area contributed by atoms with Crippen molar-refractivity contribution in [3.63, 3.8) is 0 Å². The summed E-state index contributed by atoms with van der Waals surface area (Å²) in [7, 11) is 0. The van der Waals surface area contributed by atoms with Crippen molar-refractivity contribution in [2.75, 3.05) is 31.6 Å². The van der Waals surface area contributed by atoms with Crippen molar-refractivity contribution in [1.29, 1.82) is 0 Å². The molecule has 6 heteroatoms. The van der Waals surface area contributed by atoms with E-state index in [2.05, 4.69) is 5.32 Å². The second kappa shape index (κ2) is 8.62. The standard InChI is InChI=1S/C17H23FN2O3/c1-2-23-17(22)13-6-5-10-20(12-13)11-9-16(21)19-15-8-4-3-7-14(15)18/h3-4,7-8,13H,2,5-6,9-12H2,1H3,(H,19,21)/p+1/t13-/m0/s1. The molecule has 1 aromatic rings. The third kappa shape index (κ3) is 5.32. The van der Waals surface area contributed by atoms with Crippen molar-refractivity contribution < 1.29 is 23.6 Å². The zero-order valence-corrected chi connectivity index (χ0v) is 13.4. The number of hydrogen-bond donors (Lipinski definition) is 2. The molecule has 2 rings (SSSR count). The van der Waals surface area contributed by atoms with Crippen LogP contribution in [0.25, 0.3) is 0 Å². The van der Waals surface area contributed by atoms with Gasteiger partial charge in [0.1, 0.15) is 11.7 Å². The van der Waals surface area contributed by atoms with Gasteiger partial charge in [0.2, 0.25) is 5.91 Å². The van der Waals surface area contributed by atoms with Crippen molar-refractivity contribution in [2.24, 2.45) is 5.92 Å². The van der Waals surface area contributed by atoms with Gasteiger partial charge in [-0.1, -0.05) is 12.1 Å². The summed E-state index contributed by atoms with van der Waals surface area (Å²) in [5, 5.41) is 2.59. The Morgan fingerprint density at radius 1 is 1.39 bits per heavy atom. The molecule has 0 saturated carbocycles. The number of anilines is 1. The summed E-state index contributed by atoms with van der Waals surface area (Å²) >= 11 is 0. The normalized spacial score (nSPS) is 20.8. The fourth-order valence-electron chi connectivity index (χ4n) is 2.90. The summed E-state index contributed by atoms with van der Waals surface area (Å²) in [4.78, 5) is 25.0. The van der Waals surface area contributed by atoms with E-state index in [9.17, 15) is 14.0 Å². The van der Waals surface area contributed by atoms with Crippen molar-refractivity contribution in [3.8, 4) is 0 Å². The predicted molar refractivity (Wildman–Crippen MR) is 84.6 cm³/mol. The quantitative estimate of drug-likeness (QED) is 0.768. The van der Waals surface area contributed by atoms with Crippen LogP contribution in [0.3, 0.4) is 0 Å². The van der Waals surface area contributed by atoms with Gasteiger partial charge in [0, 0.05) is 0 Å². The number of esters is 1. The predicted octanol–water partition coefficient (Wildman–Crippen LogP) is 1.01. The highest BCUT2D eigenvalue weighted by molar-refractivity contribution is 5.90. The van der Waals surface area contributed by atoms with Crippen LogP contribution in [0.4, 0.5) is 10.1 Å². The number of ether oxygens (including phenoxy) is 1. The molecule has 1 amide bonds. The Balaban J connectivity index is 1.77. The van der Waals surface area contributed by atoms with Crippen LogP contribution in [0.15, 0.2) is 24.3 Å². The molecule has 1 heterocycles. The Morgan fingerprint density at radius 3 is 2.91 bits per heavy atom. The molecule has 0 aliphatic carbocycles. The van der Waals surface area contributed by atoms with Gasteiger partial charge in [-0.15, -0.1) is 0 Å². The Morgan fingerprint density at radius 2 is 2.17 bits per heavy atom. The lowest BCUT2D eigenvalue weighted by atomic mass is 9.98. The first kappa shape index (κ1) is 17.4. The summed E-state index contributed by atoms with van der Waals surface area (Å²) in [6, 6.07) is 6.12. The fourth-order valence-corrected chi connectivity index (χ4v) is 2.90. The van der Waals surface area contributed by atoms with E-state index in [1.807, 2.05) is 0 Å². The van der Waals surface area contributed by atoms with E-state index in [1.54, 1.807) is 19.1 Å². The number of rotatable bonds is 6. The van der Waals surface area contributed by atoms with Crippen molar-refractivity contribution in [2.45, 2.75) is 26.2 Å². The Kier molecular flexibility index (Phi) is 6.52. The number of piperidine rings is 1. The first-order valence-electron chi connectivity index (χ1n) is 8.14. The molecule has 126 valence electrons. The number of benzene rings is 1. The maximum Gasteiger partial charge on any atom is 0.314 e. The SMILES string of the molecule is CCOC(=O)[C@H]1CCC[NH+](CCC(=O)Nc2ccccc2F)C1. The third-order valence-electron chi connectivity index (χ3n) is 4.09. The Bertz CT molecular complexity index is 550. The minimum Gasteiger partial charge on any atom is -0.466 e. The highest BCUT2D eigenvalue weighted by Gasteiger charge is 2.29. The Labute approximate surface area is 135 Å². The molecular formula is C17H24FN2O3+. The number of quaternary nitrogens is 1. The molecular weight excluding hydrogens is 299 g/mol. The monoisotopic (exact) mass is 323 g/mol. The number of halogens is 1. The summed E-state index contributed by atoms with van der Waals surface area (Å²) in [6.45, 7) is 4.49. The molecule has 23 heavy (non-hydrogen) atoms. The van der Waals surface area contributed by atoms with Crippen LogP contribution in [0.5, 0.6) is 0 Å². The van der Waals surface area contributed by atoms with Gasteiger partial charge in [-0.3, -0.25) is 9.59 Å². The number of carbonyl (C=O) groups is 2. The molecule has 1 aliphatic rings. The van der Waals surface area contributed by atoms with E-state index < -0.39 is 5.82 Å². The van der Waals surface area contributed by atoms with Crippen LogP contribution in [0.1, 0.15) is 26.2 Å². The highest BCUT2D eigenvalue weighted by atomic mass is 19.1. The number of nitrogens with one attached hydrogen (secondary N) is 2. The van der Waals surface area contributed by atoms with Crippen LogP contribution in [-0.2, 0) is 14.3 Å². The molecule has 1 fully saturated rings. The molecule has 2 atom stereocenters. The minimum atomic E-state index is -0.437. The first-order chi connectivity index (χ1) is 11.1. The molecule has 1 saturated heterocycles. The van der Waals surface area contributed by atoms with E-state index in [0.29, 0.717) is 26.1 Å². The lowest BCUT2D eigenvalue weighted by Gasteiger charge is -2.28.